The minimum atomic E-state index is -4.58. The van der Waals surface area contributed by atoms with Crippen molar-refractivity contribution in [2.75, 3.05) is 11.1 Å². The molecule has 2 rings (SSSR count). The van der Waals surface area contributed by atoms with Crippen molar-refractivity contribution < 1.29 is 17.6 Å². The highest BCUT2D eigenvalue weighted by Gasteiger charge is 2.31. The van der Waals surface area contributed by atoms with E-state index in [4.69, 9.17) is 17.3 Å². The summed E-state index contributed by atoms with van der Waals surface area (Å²) in [6, 6.07) is 1.95. The molecule has 0 spiro atoms. The monoisotopic (exact) mass is 306 g/mol. The average molecular weight is 307 g/mol. The summed E-state index contributed by atoms with van der Waals surface area (Å²) in [7, 11) is 0. The first-order valence-corrected chi connectivity index (χ1v) is 5.56. The van der Waals surface area contributed by atoms with Crippen LogP contribution >= 0.6 is 11.6 Å². The van der Waals surface area contributed by atoms with E-state index in [1.54, 1.807) is 0 Å². The van der Waals surface area contributed by atoms with E-state index in [9.17, 15) is 17.6 Å². The Hall–Kier alpha value is -2.09. The first-order valence-electron chi connectivity index (χ1n) is 5.19. The molecule has 0 aliphatic rings. The molecule has 0 radical (unpaired) electrons. The Labute approximate surface area is 115 Å². The molecule has 0 fully saturated rings. The third-order valence-corrected chi connectivity index (χ3v) is 2.74. The van der Waals surface area contributed by atoms with Crippen LogP contribution in [-0.4, -0.2) is 9.97 Å². The zero-order valence-electron chi connectivity index (χ0n) is 9.67. The molecule has 20 heavy (non-hydrogen) atoms. The highest BCUT2D eigenvalue weighted by Crippen LogP contribution is 2.33. The van der Waals surface area contributed by atoms with Gasteiger partial charge in [0.05, 0.1) is 11.3 Å². The molecule has 0 saturated carbocycles. The number of nitrogen functional groups attached to an aromatic ring is 1. The van der Waals surface area contributed by atoms with Gasteiger partial charge in [0.1, 0.15) is 23.0 Å². The third-order valence-electron chi connectivity index (χ3n) is 2.36. The van der Waals surface area contributed by atoms with E-state index in [1.165, 1.54) is 0 Å². The molecule has 2 aromatic rings. The average Bonchev–Trinajstić information content (AvgIpc) is 2.36. The maximum absolute atomic E-state index is 13.5. The Balaban J connectivity index is 2.41. The number of rotatable bonds is 2. The van der Waals surface area contributed by atoms with E-state index < -0.39 is 23.2 Å². The van der Waals surface area contributed by atoms with Crippen molar-refractivity contribution in [3.63, 3.8) is 0 Å². The second-order valence-electron chi connectivity index (χ2n) is 3.74. The predicted molar refractivity (Wildman–Crippen MR) is 66.1 cm³/mol. The largest absolute Gasteiger partial charge is 0.416 e. The van der Waals surface area contributed by atoms with Gasteiger partial charge in [-0.2, -0.15) is 13.2 Å². The minimum absolute atomic E-state index is 0.0726. The zero-order valence-corrected chi connectivity index (χ0v) is 10.4. The van der Waals surface area contributed by atoms with Gasteiger partial charge in [0.25, 0.3) is 0 Å². The Morgan fingerprint density at radius 2 is 1.90 bits per heavy atom. The van der Waals surface area contributed by atoms with Crippen molar-refractivity contribution in [3.8, 4) is 0 Å². The molecule has 1 aromatic carbocycles. The molecule has 4 nitrogen and oxygen atoms in total. The summed E-state index contributed by atoms with van der Waals surface area (Å²) in [5, 5.41) is 2.25. The van der Waals surface area contributed by atoms with Crippen molar-refractivity contribution in [1.82, 2.24) is 9.97 Å². The van der Waals surface area contributed by atoms with Gasteiger partial charge in [-0.15, -0.1) is 0 Å². The molecule has 0 aliphatic carbocycles. The molecule has 3 N–H and O–H groups in total. The van der Waals surface area contributed by atoms with Crippen LogP contribution in [0.1, 0.15) is 5.56 Å². The quantitative estimate of drug-likeness (QED) is 0.832. The lowest BCUT2D eigenvalue weighted by atomic mass is 10.2. The molecule has 0 unspecified atom stereocenters. The summed E-state index contributed by atoms with van der Waals surface area (Å²) in [6.45, 7) is 0. The fraction of sp³-hybridized carbons (Fsp3) is 0.0909. The van der Waals surface area contributed by atoms with Gasteiger partial charge in [-0.25, -0.2) is 14.4 Å². The van der Waals surface area contributed by atoms with Gasteiger partial charge in [0, 0.05) is 0 Å². The smallest absolute Gasteiger partial charge is 0.382 e. The molecule has 9 heteroatoms. The number of hydrogen-bond donors (Lipinski definition) is 2. The second-order valence-corrected chi connectivity index (χ2v) is 4.12. The lowest BCUT2D eigenvalue weighted by Gasteiger charge is -2.12. The maximum atomic E-state index is 13.5. The minimum Gasteiger partial charge on any atom is -0.382 e. The summed E-state index contributed by atoms with van der Waals surface area (Å²) in [4.78, 5) is 7.27. The van der Waals surface area contributed by atoms with Crippen LogP contribution in [0.25, 0.3) is 0 Å². The molecule has 1 heterocycles. The van der Waals surface area contributed by atoms with Crippen LogP contribution in [0.5, 0.6) is 0 Å². The number of benzene rings is 1. The van der Waals surface area contributed by atoms with Crippen LogP contribution < -0.4 is 11.1 Å². The first-order chi connectivity index (χ1) is 9.29. The van der Waals surface area contributed by atoms with Gasteiger partial charge < -0.3 is 11.1 Å². The summed E-state index contributed by atoms with van der Waals surface area (Å²) >= 11 is 5.77. The molecule has 106 valence electrons. The van der Waals surface area contributed by atoms with Gasteiger partial charge in [0.2, 0.25) is 0 Å². The lowest BCUT2D eigenvalue weighted by molar-refractivity contribution is -0.137. The standard InChI is InChI=1S/C11H7ClF4N4/c12-8-9(17)18-4-19-10(8)20-7-3-5(11(14,15)16)1-2-6(7)13/h1-4H,(H3,17,18,19,20). The molecule has 0 aliphatic heterocycles. The van der Waals surface area contributed by atoms with E-state index >= 15 is 0 Å². The molecule has 0 saturated heterocycles. The molecular formula is C11H7ClF4N4. The van der Waals surface area contributed by atoms with Crippen molar-refractivity contribution in [1.29, 1.82) is 0 Å². The number of anilines is 3. The molecule has 1 aromatic heterocycles. The predicted octanol–water partition coefficient (Wildman–Crippen LogP) is 3.61. The molecule has 0 atom stereocenters. The topological polar surface area (TPSA) is 63.8 Å². The van der Waals surface area contributed by atoms with Crippen LogP contribution in [-0.2, 0) is 6.18 Å². The van der Waals surface area contributed by atoms with E-state index in [2.05, 4.69) is 15.3 Å². The van der Waals surface area contributed by atoms with E-state index in [0.717, 1.165) is 6.33 Å². The fourth-order valence-corrected chi connectivity index (χ4v) is 1.54. The van der Waals surface area contributed by atoms with Crippen LogP contribution in [0.3, 0.4) is 0 Å². The summed E-state index contributed by atoms with van der Waals surface area (Å²) in [5.74, 6) is -1.04. The number of hydrogen-bond acceptors (Lipinski definition) is 4. The summed E-state index contributed by atoms with van der Waals surface area (Å²) in [6.07, 6.45) is -3.53. The van der Waals surface area contributed by atoms with Crippen LogP contribution in [0, 0.1) is 5.82 Å². The van der Waals surface area contributed by atoms with Crippen LogP contribution in [0.2, 0.25) is 5.02 Å². The Morgan fingerprint density at radius 1 is 1.20 bits per heavy atom. The number of nitrogens with zero attached hydrogens (tertiary/aromatic N) is 2. The maximum Gasteiger partial charge on any atom is 0.416 e. The van der Waals surface area contributed by atoms with Gasteiger partial charge in [-0.3, -0.25) is 0 Å². The van der Waals surface area contributed by atoms with E-state index in [0.29, 0.717) is 18.2 Å². The Morgan fingerprint density at radius 3 is 2.55 bits per heavy atom. The second kappa shape index (κ2) is 5.12. The number of nitrogens with one attached hydrogen (secondary N) is 1. The van der Waals surface area contributed by atoms with Crippen LogP contribution in [0.4, 0.5) is 34.9 Å². The lowest BCUT2D eigenvalue weighted by Crippen LogP contribution is -2.07. The third kappa shape index (κ3) is 2.90. The number of halogens is 5. The van der Waals surface area contributed by atoms with E-state index in [-0.39, 0.29) is 16.7 Å². The number of nitrogens with two attached hydrogens (primary N) is 1. The van der Waals surface area contributed by atoms with Crippen molar-refractivity contribution in [3.05, 3.63) is 40.9 Å². The molecule has 0 bridgehead atoms. The number of alkyl halides is 3. The summed E-state index contributed by atoms with van der Waals surface area (Å²) < 4.78 is 51.2. The van der Waals surface area contributed by atoms with Crippen molar-refractivity contribution >= 4 is 28.9 Å². The van der Waals surface area contributed by atoms with E-state index in [1.807, 2.05) is 0 Å². The first kappa shape index (κ1) is 14.3. The zero-order chi connectivity index (χ0) is 14.9. The normalized spacial score (nSPS) is 11.4. The summed E-state index contributed by atoms with van der Waals surface area (Å²) in [5.41, 5.74) is 4.00. The fourth-order valence-electron chi connectivity index (χ4n) is 1.40. The Bertz CT molecular complexity index is 645. The van der Waals surface area contributed by atoms with Crippen molar-refractivity contribution in [2.45, 2.75) is 6.18 Å². The Kier molecular flexibility index (Phi) is 3.67. The van der Waals surface area contributed by atoms with Crippen molar-refractivity contribution in [2.24, 2.45) is 0 Å². The van der Waals surface area contributed by atoms with Gasteiger partial charge >= 0.3 is 6.18 Å². The SMILES string of the molecule is Nc1ncnc(Nc2cc(C(F)(F)F)ccc2F)c1Cl. The van der Waals surface area contributed by atoms with Gasteiger partial charge in [-0.05, 0) is 18.2 Å². The highest BCUT2D eigenvalue weighted by atomic mass is 35.5. The number of aromatic nitrogens is 2. The highest BCUT2D eigenvalue weighted by molar-refractivity contribution is 6.35. The molecule has 0 amide bonds. The molecular weight excluding hydrogens is 300 g/mol. The van der Waals surface area contributed by atoms with Gasteiger partial charge in [-0.1, -0.05) is 11.6 Å². The van der Waals surface area contributed by atoms with Crippen LogP contribution in [0.15, 0.2) is 24.5 Å². The van der Waals surface area contributed by atoms with Gasteiger partial charge in [0.15, 0.2) is 5.82 Å².